The lowest BCUT2D eigenvalue weighted by molar-refractivity contribution is 0.419. The van der Waals surface area contributed by atoms with Gasteiger partial charge in [0, 0.05) is 18.7 Å². The van der Waals surface area contributed by atoms with E-state index in [0.29, 0.717) is 6.54 Å². The standard InChI is InChI=1S/C14H17N3O2.2ClH/c1-19-11-6-8(7-15)5-10-12(11)13-9(14(18)17-10)3-2-4-16-13;;/h5-6,16H,2-4,7,15H2,1H3,(H,17,18);2*1H. The first-order chi connectivity index (χ1) is 9.24. The van der Waals surface area contributed by atoms with Crippen LogP contribution < -0.4 is 21.3 Å². The highest BCUT2D eigenvalue weighted by molar-refractivity contribution is 5.98. The van der Waals surface area contributed by atoms with Gasteiger partial charge in [0.15, 0.2) is 0 Å². The molecule has 5 nitrogen and oxygen atoms in total. The quantitative estimate of drug-likeness (QED) is 0.788. The molecule has 0 unspecified atom stereocenters. The second-order valence-electron chi connectivity index (χ2n) is 4.76. The molecule has 0 atom stereocenters. The summed E-state index contributed by atoms with van der Waals surface area (Å²) in [4.78, 5) is 15.0. The van der Waals surface area contributed by atoms with Gasteiger partial charge in [-0.1, -0.05) is 0 Å². The molecule has 0 aliphatic carbocycles. The molecule has 2 heterocycles. The van der Waals surface area contributed by atoms with Gasteiger partial charge in [-0.3, -0.25) is 4.79 Å². The van der Waals surface area contributed by atoms with Crippen LogP contribution in [0.3, 0.4) is 0 Å². The molecule has 0 spiro atoms. The van der Waals surface area contributed by atoms with Crippen molar-refractivity contribution in [2.45, 2.75) is 19.4 Å². The van der Waals surface area contributed by atoms with Crippen LogP contribution in [0.4, 0.5) is 5.69 Å². The van der Waals surface area contributed by atoms with Crippen LogP contribution in [0.15, 0.2) is 16.9 Å². The molecule has 0 radical (unpaired) electrons. The zero-order valence-electron chi connectivity index (χ0n) is 11.7. The number of pyridine rings is 1. The Morgan fingerprint density at radius 2 is 2.10 bits per heavy atom. The number of ether oxygens (including phenoxy) is 1. The second-order valence-corrected chi connectivity index (χ2v) is 4.76. The Balaban J connectivity index is 0.00000110. The van der Waals surface area contributed by atoms with Crippen LogP contribution in [-0.4, -0.2) is 18.6 Å². The van der Waals surface area contributed by atoms with Crippen molar-refractivity contribution in [3.8, 4) is 5.75 Å². The molecule has 3 rings (SSSR count). The summed E-state index contributed by atoms with van der Waals surface area (Å²) in [5, 5.41) is 4.27. The van der Waals surface area contributed by atoms with Crippen molar-refractivity contribution >= 4 is 41.4 Å². The highest BCUT2D eigenvalue weighted by Gasteiger charge is 2.19. The lowest BCUT2D eigenvalue weighted by atomic mass is 10.00. The minimum Gasteiger partial charge on any atom is -0.496 e. The number of benzene rings is 1. The molecule has 0 fully saturated rings. The van der Waals surface area contributed by atoms with Crippen LogP contribution in [0.1, 0.15) is 17.5 Å². The average Bonchev–Trinajstić information content (AvgIpc) is 2.46. The number of methoxy groups -OCH3 is 1. The molecule has 1 aromatic carbocycles. The summed E-state index contributed by atoms with van der Waals surface area (Å²) >= 11 is 0. The summed E-state index contributed by atoms with van der Waals surface area (Å²) < 4.78 is 5.46. The minimum atomic E-state index is -0.0223. The predicted molar refractivity (Wildman–Crippen MR) is 90.3 cm³/mol. The molecule has 7 heteroatoms. The summed E-state index contributed by atoms with van der Waals surface area (Å²) in [5.41, 5.74) is 9.10. The van der Waals surface area contributed by atoms with Gasteiger partial charge in [0.1, 0.15) is 5.75 Å². The predicted octanol–water partition coefficient (Wildman–Crippen LogP) is 2.20. The molecule has 1 aromatic heterocycles. The number of fused-ring (bicyclic) bond motifs is 3. The number of hydrogen-bond acceptors (Lipinski definition) is 4. The van der Waals surface area contributed by atoms with E-state index >= 15 is 0 Å². The number of nitrogens with one attached hydrogen (secondary N) is 2. The van der Waals surface area contributed by atoms with Gasteiger partial charge in [-0.15, -0.1) is 24.8 Å². The third-order valence-corrected chi connectivity index (χ3v) is 3.60. The van der Waals surface area contributed by atoms with Gasteiger partial charge in [-0.2, -0.15) is 0 Å². The lowest BCUT2D eigenvalue weighted by Gasteiger charge is -2.20. The first-order valence-corrected chi connectivity index (χ1v) is 6.44. The maximum atomic E-state index is 12.1. The third-order valence-electron chi connectivity index (χ3n) is 3.60. The van der Waals surface area contributed by atoms with Gasteiger partial charge in [0.2, 0.25) is 0 Å². The number of anilines is 1. The van der Waals surface area contributed by atoms with Crippen molar-refractivity contribution in [1.29, 1.82) is 0 Å². The van der Waals surface area contributed by atoms with Crippen molar-refractivity contribution in [1.82, 2.24) is 4.98 Å². The number of rotatable bonds is 2. The number of aromatic amines is 1. The summed E-state index contributed by atoms with van der Waals surface area (Å²) in [6, 6.07) is 3.84. The van der Waals surface area contributed by atoms with Gasteiger partial charge in [-0.25, -0.2) is 0 Å². The lowest BCUT2D eigenvalue weighted by Crippen LogP contribution is -2.22. The van der Waals surface area contributed by atoms with Crippen LogP contribution in [0.2, 0.25) is 0 Å². The topological polar surface area (TPSA) is 80.1 Å². The highest BCUT2D eigenvalue weighted by Crippen LogP contribution is 2.35. The van der Waals surface area contributed by atoms with Crippen LogP contribution in [0.25, 0.3) is 10.9 Å². The van der Waals surface area contributed by atoms with E-state index in [2.05, 4.69) is 10.3 Å². The first kappa shape index (κ1) is 17.6. The van der Waals surface area contributed by atoms with Gasteiger partial charge in [-0.05, 0) is 30.5 Å². The van der Waals surface area contributed by atoms with E-state index in [9.17, 15) is 4.79 Å². The number of halogens is 2. The van der Waals surface area contributed by atoms with Crippen molar-refractivity contribution < 1.29 is 4.74 Å². The molecule has 1 aliphatic rings. The van der Waals surface area contributed by atoms with Crippen LogP contribution in [-0.2, 0) is 13.0 Å². The Morgan fingerprint density at radius 3 is 2.76 bits per heavy atom. The van der Waals surface area contributed by atoms with Gasteiger partial charge in [0.05, 0.1) is 23.7 Å². The fourth-order valence-corrected chi connectivity index (χ4v) is 2.68. The molecule has 2 aromatic rings. The Morgan fingerprint density at radius 1 is 1.33 bits per heavy atom. The van der Waals surface area contributed by atoms with Crippen molar-refractivity contribution in [2.75, 3.05) is 19.0 Å². The van der Waals surface area contributed by atoms with E-state index < -0.39 is 0 Å². The third kappa shape index (κ3) is 2.95. The molecule has 0 saturated carbocycles. The van der Waals surface area contributed by atoms with Crippen LogP contribution >= 0.6 is 24.8 Å². The molecule has 4 N–H and O–H groups in total. The molecule has 116 valence electrons. The fraction of sp³-hybridized carbons (Fsp3) is 0.357. The Labute approximate surface area is 135 Å². The maximum absolute atomic E-state index is 12.1. The number of hydrogen-bond donors (Lipinski definition) is 3. The van der Waals surface area contributed by atoms with E-state index in [4.69, 9.17) is 10.5 Å². The zero-order chi connectivity index (χ0) is 13.4. The highest BCUT2D eigenvalue weighted by atomic mass is 35.5. The Kier molecular flexibility index (Phi) is 5.89. The minimum absolute atomic E-state index is 0. The largest absolute Gasteiger partial charge is 0.496 e. The number of nitrogens with two attached hydrogens (primary N) is 1. The second kappa shape index (κ2) is 7.02. The Hall–Kier alpha value is -1.43. The fourth-order valence-electron chi connectivity index (χ4n) is 2.68. The summed E-state index contributed by atoms with van der Waals surface area (Å²) in [6.07, 6.45) is 1.78. The maximum Gasteiger partial charge on any atom is 0.253 e. The number of aromatic nitrogens is 1. The SMILES string of the molecule is COc1cc(CN)cc2[nH]c(=O)c3c(c12)NCCC3.Cl.Cl. The van der Waals surface area contributed by atoms with Crippen molar-refractivity contribution in [2.24, 2.45) is 5.73 Å². The van der Waals surface area contributed by atoms with Gasteiger partial charge in [0.25, 0.3) is 5.56 Å². The van der Waals surface area contributed by atoms with E-state index in [0.717, 1.165) is 52.9 Å². The molecule has 21 heavy (non-hydrogen) atoms. The van der Waals surface area contributed by atoms with Gasteiger partial charge < -0.3 is 20.8 Å². The molecule has 1 aliphatic heterocycles. The monoisotopic (exact) mass is 331 g/mol. The molecule has 0 amide bonds. The summed E-state index contributed by atoms with van der Waals surface area (Å²) in [6.45, 7) is 1.30. The summed E-state index contributed by atoms with van der Waals surface area (Å²) in [7, 11) is 1.63. The number of H-pyrrole nitrogens is 1. The smallest absolute Gasteiger partial charge is 0.253 e. The molecule has 0 saturated heterocycles. The normalized spacial score (nSPS) is 12.7. The van der Waals surface area contributed by atoms with E-state index in [1.54, 1.807) is 7.11 Å². The van der Waals surface area contributed by atoms with E-state index in [1.807, 2.05) is 12.1 Å². The molecular weight excluding hydrogens is 313 g/mol. The first-order valence-electron chi connectivity index (χ1n) is 6.44. The zero-order valence-corrected chi connectivity index (χ0v) is 13.3. The van der Waals surface area contributed by atoms with Crippen LogP contribution in [0.5, 0.6) is 5.75 Å². The van der Waals surface area contributed by atoms with E-state index in [-0.39, 0.29) is 30.4 Å². The molecule has 0 bridgehead atoms. The van der Waals surface area contributed by atoms with Gasteiger partial charge >= 0.3 is 0 Å². The average molecular weight is 332 g/mol. The van der Waals surface area contributed by atoms with Crippen LogP contribution in [0, 0.1) is 0 Å². The van der Waals surface area contributed by atoms with Crippen molar-refractivity contribution in [3.05, 3.63) is 33.6 Å². The molecular formula is C14H19Cl2N3O2. The van der Waals surface area contributed by atoms with E-state index in [1.165, 1.54) is 0 Å². The summed E-state index contributed by atoms with van der Waals surface area (Å²) in [5.74, 6) is 0.750. The Bertz CT molecular complexity index is 701. The van der Waals surface area contributed by atoms with Crippen molar-refractivity contribution in [3.63, 3.8) is 0 Å².